The monoisotopic (exact) mass is 324 g/mol. The Morgan fingerprint density at radius 1 is 1.32 bits per heavy atom. The topological polar surface area (TPSA) is 61.4 Å². The molecule has 0 radical (unpaired) electrons. The molecule has 106 valence electrons. The van der Waals surface area contributed by atoms with Crippen molar-refractivity contribution < 1.29 is 9.90 Å². The average molecular weight is 326 g/mol. The van der Waals surface area contributed by atoms with E-state index in [2.05, 4.69) is 10.6 Å². The molecule has 0 aliphatic carbocycles. The van der Waals surface area contributed by atoms with Gasteiger partial charge in [-0.05, 0) is 31.5 Å². The predicted molar refractivity (Wildman–Crippen MR) is 79.6 cm³/mol. The van der Waals surface area contributed by atoms with Gasteiger partial charge in [-0.25, -0.2) is 0 Å². The molecule has 0 aromatic heterocycles. The molecule has 0 saturated carbocycles. The van der Waals surface area contributed by atoms with E-state index >= 15 is 0 Å². The zero-order chi connectivity index (χ0) is 13.1. The van der Waals surface area contributed by atoms with Gasteiger partial charge in [-0.3, -0.25) is 4.79 Å². The number of phenols is 1. The highest BCUT2D eigenvalue weighted by molar-refractivity contribution is 6.37. The van der Waals surface area contributed by atoms with E-state index in [1.807, 2.05) is 0 Å². The van der Waals surface area contributed by atoms with Crippen LogP contribution >= 0.6 is 35.6 Å². The van der Waals surface area contributed by atoms with Crippen LogP contribution in [-0.2, 0) is 4.79 Å². The van der Waals surface area contributed by atoms with Crippen LogP contribution in [0.5, 0.6) is 5.75 Å². The average Bonchev–Trinajstić information content (AvgIpc) is 2.37. The highest BCUT2D eigenvalue weighted by Crippen LogP contribution is 2.34. The lowest BCUT2D eigenvalue weighted by Crippen LogP contribution is -2.43. The quantitative estimate of drug-likeness (QED) is 0.732. The molecule has 1 fully saturated rings. The second-order valence-electron chi connectivity index (χ2n) is 4.28. The predicted octanol–water partition coefficient (Wildman–Crippen LogP) is 3.20. The van der Waals surface area contributed by atoms with E-state index < -0.39 is 0 Å². The van der Waals surface area contributed by atoms with Gasteiger partial charge < -0.3 is 15.7 Å². The molecule has 1 amide bonds. The number of carbonyl (C=O) groups excluding carboxylic acids is 1. The summed E-state index contributed by atoms with van der Waals surface area (Å²) in [6, 6.07) is 2.78. The Kier molecular flexibility index (Phi) is 6.20. The normalized spacial score (nSPS) is 18.5. The summed E-state index contributed by atoms with van der Waals surface area (Å²) in [4.78, 5) is 12.0. The second-order valence-corrected chi connectivity index (χ2v) is 5.09. The lowest BCUT2D eigenvalue weighted by atomic mass is 10.0. The third-order valence-corrected chi connectivity index (χ3v) is 3.49. The first kappa shape index (κ1) is 16.4. The summed E-state index contributed by atoms with van der Waals surface area (Å²) in [5, 5.41) is 15.6. The summed E-state index contributed by atoms with van der Waals surface area (Å²) in [6.07, 6.45) is 2.97. The molecule has 1 saturated heterocycles. The number of hydrogen-bond donors (Lipinski definition) is 3. The molecule has 3 N–H and O–H groups in total. The Bertz CT molecular complexity index is 439. The van der Waals surface area contributed by atoms with Crippen molar-refractivity contribution in [1.82, 2.24) is 5.32 Å². The fraction of sp³-hybridized carbons (Fsp3) is 0.417. The van der Waals surface area contributed by atoms with Gasteiger partial charge in [0.05, 0.1) is 16.1 Å². The van der Waals surface area contributed by atoms with Gasteiger partial charge >= 0.3 is 0 Å². The van der Waals surface area contributed by atoms with Gasteiger partial charge in [-0.2, -0.15) is 0 Å². The molecular weight excluding hydrogens is 311 g/mol. The van der Waals surface area contributed by atoms with Crippen LogP contribution in [0.25, 0.3) is 0 Å². The Hall–Kier alpha value is -0.680. The molecule has 1 aliphatic heterocycles. The Morgan fingerprint density at radius 3 is 2.47 bits per heavy atom. The molecule has 1 aliphatic rings. The van der Waals surface area contributed by atoms with Gasteiger partial charge in [0, 0.05) is 5.69 Å². The van der Waals surface area contributed by atoms with Gasteiger partial charge in [0.1, 0.15) is 0 Å². The summed E-state index contributed by atoms with van der Waals surface area (Å²) in [5.41, 5.74) is 0.486. The van der Waals surface area contributed by atoms with Gasteiger partial charge in [-0.15, -0.1) is 12.4 Å². The van der Waals surface area contributed by atoms with Crippen molar-refractivity contribution in [2.75, 3.05) is 11.9 Å². The van der Waals surface area contributed by atoms with Crippen molar-refractivity contribution >= 4 is 47.2 Å². The number of aromatic hydroxyl groups is 1. The number of halogens is 3. The number of piperidine rings is 1. The highest BCUT2D eigenvalue weighted by atomic mass is 35.5. The van der Waals surface area contributed by atoms with Crippen LogP contribution in [0.1, 0.15) is 19.3 Å². The number of rotatable bonds is 2. The van der Waals surface area contributed by atoms with Gasteiger partial charge in [-0.1, -0.05) is 29.6 Å². The van der Waals surface area contributed by atoms with Crippen LogP contribution in [0.2, 0.25) is 10.0 Å². The zero-order valence-electron chi connectivity index (χ0n) is 10.1. The van der Waals surface area contributed by atoms with E-state index in [0.29, 0.717) is 5.69 Å². The van der Waals surface area contributed by atoms with E-state index in [0.717, 1.165) is 25.8 Å². The largest absolute Gasteiger partial charge is 0.505 e. The fourth-order valence-electron chi connectivity index (χ4n) is 1.94. The highest BCUT2D eigenvalue weighted by Gasteiger charge is 2.20. The van der Waals surface area contributed by atoms with E-state index in [1.54, 1.807) is 0 Å². The Morgan fingerprint density at radius 2 is 1.95 bits per heavy atom. The Labute approximate surface area is 127 Å². The number of hydrogen-bond acceptors (Lipinski definition) is 3. The van der Waals surface area contributed by atoms with Crippen molar-refractivity contribution in [2.45, 2.75) is 25.3 Å². The van der Waals surface area contributed by atoms with E-state index in [4.69, 9.17) is 23.2 Å². The number of nitrogens with one attached hydrogen (secondary N) is 2. The third kappa shape index (κ3) is 4.14. The van der Waals surface area contributed by atoms with Crippen LogP contribution in [0.4, 0.5) is 5.69 Å². The molecule has 1 aromatic rings. The maximum atomic E-state index is 12.0. The number of amides is 1. The SMILES string of the molecule is Cl.O=C(Nc1cc(Cl)c(O)c(Cl)c1)[C@@H]1CCCCN1. The molecule has 2 rings (SSSR count). The Balaban J connectivity index is 0.00000180. The molecule has 4 nitrogen and oxygen atoms in total. The van der Waals surface area contributed by atoms with Crippen LogP contribution in [0, 0.1) is 0 Å². The summed E-state index contributed by atoms with van der Waals surface area (Å²) < 4.78 is 0. The van der Waals surface area contributed by atoms with Gasteiger partial charge in [0.2, 0.25) is 5.91 Å². The first-order valence-corrected chi connectivity index (χ1v) is 6.56. The minimum atomic E-state index is -0.176. The van der Waals surface area contributed by atoms with Crippen molar-refractivity contribution in [1.29, 1.82) is 0 Å². The standard InChI is InChI=1S/C12H14Cl2N2O2.ClH/c13-8-5-7(6-9(14)11(8)17)16-12(18)10-3-1-2-4-15-10;/h5-6,10,15,17H,1-4H2,(H,16,18);1H/t10-;/m0./s1. The summed E-state index contributed by atoms with van der Waals surface area (Å²) in [7, 11) is 0. The molecule has 7 heteroatoms. The summed E-state index contributed by atoms with van der Waals surface area (Å²) in [6.45, 7) is 0.856. The number of anilines is 1. The van der Waals surface area contributed by atoms with Crippen LogP contribution in [0.15, 0.2) is 12.1 Å². The van der Waals surface area contributed by atoms with Gasteiger partial charge in [0.25, 0.3) is 0 Å². The van der Waals surface area contributed by atoms with Crippen LogP contribution in [-0.4, -0.2) is 23.6 Å². The van der Waals surface area contributed by atoms with Crippen molar-refractivity contribution in [3.05, 3.63) is 22.2 Å². The number of benzene rings is 1. The smallest absolute Gasteiger partial charge is 0.241 e. The van der Waals surface area contributed by atoms with E-state index in [9.17, 15) is 9.90 Å². The van der Waals surface area contributed by atoms with E-state index in [-0.39, 0.29) is 40.2 Å². The fourth-order valence-corrected chi connectivity index (χ4v) is 2.43. The molecular formula is C12H15Cl3N2O2. The molecule has 0 spiro atoms. The molecule has 1 heterocycles. The lowest BCUT2D eigenvalue weighted by molar-refractivity contribution is -0.118. The summed E-state index contributed by atoms with van der Waals surface area (Å²) >= 11 is 11.6. The second kappa shape index (κ2) is 7.20. The molecule has 1 atom stereocenters. The molecule has 19 heavy (non-hydrogen) atoms. The first-order chi connectivity index (χ1) is 8.58. The van der Waals surface area contributed by atoms with Crippen LogP contribution < -0.4 is 10.6 Å². The van der Waals surface area contributed by atoms with Crippen molar-refractivity contribution in [2.24, 2.45) is 0 Å². The van der Waals surface area contributed by atoms with E-state index in [1.165, 1.54) is 12.1 Å². The molecule has 0 unspecified atom stereocenters. The number of carbonyl (C=O) groups is 1. The molecule has 0 bridgehead atoms. The molecule has 1 aromatic carbocycles. The lowest BCUT2D eigenvalue weighted by Gasteiger charge is -2.22. The minimum Gasteiger partial charge on any atom is -0.505 e. The summed E-state index contributed by atoms with van der Waals surface area (Å²) in [5.74, 6) is -0.278. The maximum absolute atomic E-state index is 12.0. The first-order valence-electron chi connectivity index (χ1n) is 5.80. The third-order valence-electron chi connectivity index (χ3n) is 2.91. The van der Waals surface area contributed by atoms with Crippen molar-refractivity contribution in [3.63, 3.8) is 0 Å². The van der Waals surface area contributed by atoms with Crippen molar-refractivity contribution in [3.8, 4) is 5.75 Å². The van der Waals surface area contributed by atoms with Crippen LogP contribution in [0.3, 0.4) is 0 Å². The number of phenolic OH excluding ortho intramolecular Hbond substituents is 1. The zero-order valence-corrected chi connectivity index (χ0v) is 12.4. The minimum absolute atomic E-state index is 0. The maximum Gasteiger partial charge on any atom is 0.241 e. The van der Waals surface area contributed by atoms with Gasteiger partial charge in [0.15, 0.2) is 5.75 Å².